The van der Waals surface area contributed by atoms with Gasteiger partial charge < -0.3 is 10.0 Å². The normalized spacial score (nSPS) is 18.4. The number of hydrogen-bond donors (Lipinski definition) is 1. The number of hydrogen-bond acceptors (Lipinski definition) is 4. The summed E-state index contributed by atoms with van der Waals surface area (Å²) in [5.74, 6) is 0.845. The fourth-order valence-electron chi connectivity index (χ4n) is 2.46. The number of phenolic OH excluding ortho intramolecular Hbond substituents is 1. The van der Waals surface area contributed by atoms with E-state index >= 15 is 0 Å². The summed E-state index contributed by atoms with van der Waals surface area (Å²) in [7, 11) is 1.92. The van der Waals surface area contributed by atoms with Crippen molar-refractivity contribution < 1.29 is 9.50 Å². The third kappa shape index (κ3) is 2.18. The van der Waals surface area contributed by atoms with Crippen LogP contribution in [0.3, 0.4) is 0 Å². The van der Waals surface area contributed by atoms with Crippen LogP contribution in [-0.4, -0.2) is 22.9 Å². The van der Waals surface area contributed by atoms with E-state index in [2.05, 4.69) is 4.99 Å². The van der Waals surface area contributed by atoms with Gasteiger partial charge in [-0.05, 0) is 30.0 Å². The number of amidine groups is 1. The molecule has 104 valence electrons. The Hall–Kier alpha value is -1.88. The van der Waals surface area contributed by atoms with Crippen LogP contribution >= 0.6 is 11.3 Å². The molecule has 0 saturated carbocycles. The molecule has 2 heterocycles. The van der Waals surface area contributed by atoms with E-state index in [1.807, 2.05) is 24.9 Å². The smallest absolute Gasteiger partial charge is 0.139 e. The molecule has 1 unspecified atom stereocenters. The monoisotopic (exact) mass is 290 g/mol. The van der Waals surface area contributed by atoms with Gasteiger partial charge in [0.05, 0.1) is 16.6 Å². The van der Waals surface area contributed by atoms with Crippen LogP contribution in [0.15, 0.2) is 34.6 Å². The number of aromatic hydroxyl groups is 1. The first-order valence-corrected chi connectivity index (χ1v) is 7.27. The van der Waals surface area contributed by atoms with Gasteiger partial charge in [0.25, 0.3) is 0 Å². The SMILES string of the molecule is CC1=Nc2cc(O)ccc2CC(c2sccc2F)N1C. The van der Waals surface area contributed by atoms with Gasteiger partial charge in [-0.25, -0.2) is 9.38 Å². The van der Waals surface area contributed by atoms with Crippen LogP contribution in [0.25, 0.3) is 0 Å². The highest BCUT2D eigenvalue weighted by Crippen LogP contribution is 2.37. The molecule has 0 bridgehead atoms. The Morgan fingerprint density at radius 2 is 2.20 bits per heavy atom. The Morgan fingerprint density at radius 1 is 1.40 bits per heavy atom. The summed E-state index contributed by atoms with van der Waals surface area (Å²) < 4.78 is 13.9. The molecule has 3 rings (SSSR count). The lowest BCUT2D eigenvalue weighted by atomic mass is 10.0. The van der Waals surface area contributed by atoms with Gasteiger partial charge in [-0.1, -0.05) is 6.07 Å². The van der Waals surface area contributed by atoms with Crippen molar-refractivity contribution in [1.29, 1.82) is 0 Å². The van der Waals surface area contributed by atoms with E-state index < -0.39 is 0 Å². The molecule has 1 aromatic carbocycles. The Bertz CT molecular complexity index is 680. The van der Waals surface area contributed by atoms with Gasteiger partial charge in [-0.3, -0.25) is 0 Å². The van der Waals surface area contributed by atoms with Crippen molar-refractivity contribution in [3.63, 3.8) is 0 Å². The van der Waals surface area contributed by atoms with Crippen molar-refractivity contribution in [2.24, 2.45) is 4.99 Å². The van der Waals surface area contributed by atoms with Crippen LogP contribution in [0.5, 0.6) is 5.75 Å². The standard InChI is InChI=1S/C15H15FN2OS/c1-9-17-13-8-11(19)4-3-10(13)7-14(18(9)2)15-12(16)5-6-20-15/h3-6,8,14,19H,7H2,1-2H3. The summed E-state index contributed by atoms with van der Waals surface area (Å²) >= 11 is 1.43. The highest BCUT2D eigenvalue weighted by molar-refractivity contribution is 7.10. The van der Waals surface area contributed by atoms with Crippen molar-refractivity contribution in [1.82, 2.24) is 4.90 Å². The number of benzene rings is 1. The molecular formula is C15H15FN2OS. The van der Waals surface area contributed by atoms with E-state index in [4.69, 9.17) is 0 Å². The topological polar surface area (TPSA) is 35.8 Å². The van der Waals surface area contributed by atoms with E-state index in [1.165, 1.54) is 17.4 Å². The molecule has 1 aliphatic heterocycles. The van der Waals surface area contributed by atoms with Crippen LogP contribution in [0.1, 0.15) is 23.4 Å². The molecule has 3 nitrogen and oxygen atoms in total. The minimum atomic E-state index is -0.165. The lowest BCUT2D eigenvalue weighted by Gasteiger charge is -2.27. The fourth-order valence-corrected chi connectivity index (χ4v) is 3.38. The maximum atomic E-state index is 13.9. The second kappa shape index (κ2) is 4.90. The summed E-state index contributed by atoms with van der Waals surface area (Å²) in [4.78, 5) is 7.25. The van der Waals surface area contributed by atoms with E-state index in [9.17, 15) is 9.50 Å². The highest BCUT2D eigenvalue weighted by Gasteiger charge is 2.26. The van der Waals surface area contributed by atoms with Gasteiger partial charge >= 0.3 is 0 Å². The number of nitrogens with zero attached hydrogens (tertiary/aromatic N) is 2. The number of phenols is 1. The van der Waals surface area contributed by atoms with Crippen LogP contribution in [-0.2, 0) is 6.42 Å². The molecular weight excluding hydrogens is 275 g/mol. The first-order valence-electron chi connectivity index (χ1n) is 6.39. The zero-order chi connectivity index (χ0) is 14.3. The second-order valence-electron chi connectivity index (χ2n) is 4.94. The molecule has 0 aliphatic carbocycles. The molecule has 1 aliphatic rings. The van der Waals surface area contributed by atoms with Gasteiger partial charge in [0.15, 0.2) is 0 Å². The van der Waals surface area contributed by atoms with Crippen LogP contribution < -0.4 is 0 Å². The van der Waals surface area contributed by atoms with E-state index in [-0.39, 0.29) is 17.6 Å². The summed E-state index contributed by atoms with van der Waals surface area (Å²) in [5, 5.41) is 11.4. The maximum absolute atomic E-state index is 13.9. The number of likely N-dealkylation sites (N-methyl/N-ethyl adjacent to an activating group) is 1. The van der Waals surface area contributed by atoms with Gasteiger partial charge in [0.1, 0.15) is 17.4 Å². The number of halogens is 1. The van der Waals surface area contributed by atoms with E-state index in [1.54, 1.807) is 17.5 Å². The van der Waals surface area contributed by atoms with Crippen molar-refractivity contribution in [3.05, 3.63) is 45.9 Å². The second-order valence-corrected chi connectivity index (χ2v) is 5.88. The van der Waals surface area contributed by atoms with Gasteiger partial charge in [-0.15, -0.1) is 11.3 Å². The molecule has 2 aromatic rings. The predicted molar refractivity (Wildman–Crippen MR) is 79.4 cm³/mol. The Balaban J connectivity index is 2.09. The molecule has 0 fully saturated rings. The first-order chi connectivity index (χ1) is 9.56. The summed E-state index contributed by atoms with van der Waals surface area (Å²) in [6.45, 7) is 1.90. The lowest BCUT2D eigenvalue weighted by Crippen LogP contribution is -2.29. The van der Waals surface area contributed by atoms with Crippen LogP contribution in [0, 0.1) is 5.82 Å². The van der Waals surface area contributed by atoms with Crippen molar-refractivity contribution in [2.75, 3.05) is 7.05 Å². The predicted octanol–water partition coefficient (Wildman–Crippen LogP) is 3.87. The third-order valence-corrected chi connectivity index (χ3v) is 4.68. The molecule has 0 radical (unpaired) electrons. The molecule has 0 spiro atoms. The van der Waals surface area contributed by atoms with E-state index in [0.717, 1.165) is 22.0 Å². The zero-order valence-corrected chi connectivity index (χ0v) is 12.1. The highest BCUT2D eigenvalue weighted by atomic mass is 32.1. The lowest BCUT2D eigenvalue weighted by molar-refractivity contribution is 0.369. The Labute approximate surface area is 121 Å². The number of fused-ring (bicyclic) bond motifs is 1. The van der Waals surface area contributed by atoms with Gasteiger partial charge in [0.2, 0.25) is 0 Å². The van der Waals surface area contributed by atoms with Crippen LogP contribution in [0.2, 0.25) is 0 Å². The fraction of sp³-hybridized carbons (Fsp3) is 0.267. The molecule has 5 heteroatoms. The maximum Gasteiger partial charge on any atom is 0.139 e. The molecule has 1 atom stereocenters. The van der Waals surface area contributed by atoms with E-state index in [0.29, 0.717) is 6.42 Å². The number of rotatable bonds is 1. The zero-order valence-electron chi connectivity index (χ0n) is 11.3. The Kier molecular flexibility index (Phi) is 3.22. The molecule has 1 aromatic heterocycles. The molecule has 0 amide bonds. The quantitative estimate of drug-likeness (QED) is 0.865. The largest absolute Gasteiger partial charge is 0.508 e. The number of thiophene rings is 1. The van der Waals surface area contributed by atoms with Crippen LogP contribution in [0.4, 0.5) is 10.1 Å². The average molecular weight is 290 g/mol. The van der Waals surface area contributed by atoms with Gasteiger partial charge in [0, 0.05) is 19.5 Å². The molecule has 1 N–H and O–H groups in total. The number of aliphatic imine (C=N–C) groups is 1. The summed E-state index contributed by atoms with van der Waals surface area (Å²) in [5.41, 5.74) is 1.78. The molecule has 0 saturated heterocycles. The minimum Gasteiger partial charge on any atom is -0.508 e. The van der Waals surface area contributed by atoms with Crippen molar-refractivity contribution in [3.8, 4) is 5.75 Å². The van der Waals surface area contributed by atoms with Gasteiger partial charge in [-0.2, -0.15) is 0 Å². The first kappa shape index (κ1) is 13.1. The summed E-state index contributed by atoms with van der Waals surface area (Å²) in [6.07, 6.45) is 0.671. The Morgan fingerprint density at radius 3 is 2.90 bits per heavy atom. The summed E-state index contributed by atoms with van der Waals surface area (Å²) in [6, 6.07) is 6.60. The third-order valence-electron chi connectivity index (χ3n) is 3.69. The average Bonchev–Trinajstić information content (AvgIpc) is 2.78. The van der Waals surface area contributed by atoms with Crippen molar-refractivity contribution in [2.45, 2.75) is 19.4 Å². The molecule has 20 heavy (non-hydrogen) atoms. The van der Waals surface area contributed by atoms with Crippen molar-refractivity contribution >= 4 is 22.9 Å². The minimum absolute atomic E-state index is 0.0652.